The fourth-order valence-electron chi connectivity index (χ4n) is 4.05. The van der Waals surface area contributed by atoms with E-state index in [0.717, 1.165) is 0 Å². The predicted octanol–water partition coefficient (Wildman–Crippen LogP) is 7.29. The molecule has 0 heterocycles. The van der Waals surface area contributed by atoms with Crippen molar-refractivity contribution in [1.82, 2.24) is 0 Å². The first-order chi connectivity index (χ1) is 15.4. The SMILES string of the molecule is CC(C)(C)CC(C)(C)OOC(=O)OCc1cccc(COC(=O)OOC(C)(C)CC(C)(C)C)c1. The third kappa shape index (κ3) is 14.1. The van der Waals surface area contributed by atoms with Crippen molar-refractivity contribution >= 4 is 12.3 Å². The second kappa shape index (κ2) is 11.9. The Balaban J connectivity index is 2.45. The second-order valence-corrected chi connectivity index (χ2v) is 12.2. The minimum absolute atomic E-state index is 0.0143. The molecule has 194 valence electrons. The first-order valence-corrected chi connectivity index (χ1v) is 11.5. The molecule has 0 spiro atoms. The van der Waals surface area contributed by atoms with Gasteiger partial charge in [-0.15, -0.1) is 0 Å². The Labute approximate surface area is 204 Å². The van der Waals surface area contributed by atoms with Crippen LogP contribution in [0.3, 0.4) is 0 Å². The maximum Gasteiger partial charge on any atom is 0.540 e. The second-order valence-electron chi connectivity index (χ2n) is 12.2. The number of carbonyl (C=O) groups excluding carboxylic acids is 2. The lowest BCUT2D eigenvalue weighted by Crippen LogP contribution is -2.31. The molecule has 0 unspecified atom stereocenters. The van der Waals surface area contributed by atoms with Gasteiger partial charge in [0.2, 0.25) is 0 Å². The van der Waals surface area contributed by atoms with Crippen molar-refractivity contribution in [2.75, 3.05) is 0 Å². The monoisotopic (exact) mass is 482 g/mol. The lowest BCUT2D eigenvalue weighted by atomic mass is 9.84. The molecule has 0 atom stereocenters. The van der Waals surface area contributed by atoms with E-state index in [-0.39, 0.29) is 24.0 Å². The highest BCUT2D eigenvalue weighted by atomic mass is 17.2. The Kier molecular flexibility index (Phi) is 10.4. The number of rotatable bonds is 10. The highest BCUT2D eigenvalue weighted by Gasteiger charge is 2.30. The van der Waals surface area contributed by atoms with Crippen molar-refractivity contribution in [3.8, 4) is 0 Å². The van der Waals surface area contributed by atoms with Crippen LogP contribution in [0, 0.1) is 10.8 Å². The van der Waals surface area contributed by atoms with Crippen molar-refractivity contribution in [2.24, 2.45) is 10.8 Å². The average molecular weight is 483 g/mol. The minimum Gasteiger partial charge on any atom is -0.427 e. The van der Waals surface area contributed by atoms with Gasteiger partial charge in [-0.1, -0.05) is 59.7 Å². The van der Waals surface area contributed by atoms with Gasteiger partial charge in [0.05, 0.1) is 0 Å². The number of hydrogen-bond acceptors (Lipinski definition) is 8. The van der Waals surface area contributed by atoms with E-state index in [2.05, 4.69) is 41.5 Å². The van der Waals surface area contributed by atoms with E-state index in [1.807, 2.05) is 27.7 Å². The summed E-state index contributed by atoms with van der Waals surface area (Å²) in [5.41, 5.74) is 0.135. The lowest BCUT2D eigenvalue weighted by molar-refractivity contribution is -0.323. The fraction of sp³-hybridized carbons (Fsp3) is 0.692. The lowest BCUT2D eigenvalue weighted by Gasteiger charge is -2.30. The van der Waals surface area contributed by atoms with Gasteiger partial charge in [-0.05, 0) is 68.6 Å². The molecule has 0 radical (unpaired) electrons. The van der Waals surface area contributed by atoms with Crippen molar-refractivity contribution in [3.05, 3.63) is 35.4 Å². The Hall–Kier alpha value is -2.32. The number of benzene rings is 1. The Morgan fingerprint density at radius 2 is 1.00 bits per heavy atom. The molecule has 1 rings (SSSR count). The van der Waals surface area contributed by atoms with Crippen molar-refractivity contribution in [3.63, 3.8) is 0 Å². The van der Waals surface area contributed by atoms with Gasteiger partial charge in [-0.25, -0.2) is 9.59 Å². The molecule has 0 N–H and O–H groups in total. The zero-order chi connectivity index (χ0) is 26.2. The van der Waals surface area contributed by atoms with E-state index in [1.54, 1.807) is 24.3 Å². The molecule has 0 saturated carbocycles. The highest BCUT2D eigenvalue weighted by molar-refractivity contribution is 5.59. The molecule has 1 aromatic carbocycles. The van der Waals surface area contributed by atoms with Crippen LogP contribution in [0.4, 0.5) is 9.59 Å². The van der Waals surface area contributed by atoms with Gasteiger partial charge < -0.3 is 9.47 Å². The van der Waals surface area contributed by atoms with E-state index >= 15 is 0 Å². The van der Waals surface area contributed by atoms with E-state index in [9.17, 15) is 9.59 Å². The van der Waals surface area contributed by atoms with Crippen LogP contribution in [0.5, 0.6) is 0 Å². The van der Waals surface area contributed by atoms with Gasteiger partial charge in [-0.2, -0.15) is 9.78 Å². The summed E-state index contributed by atoms with van der Waals surface area (Å²) < 4.78 is 10.2. The average Bonchev–Trinajstić information content (AvgIpc) is 2.64. The van der Waals surface area contributed by atoms with E-state index in [0.29, 0.717) is 24.0 Å². The number of carbonyl (C=O) groups is 2. The number of hydrogen-bond donors (Lipinski definition) is 0. The Morgan fingerprint density at radius 1 is 0.647 bits per heavy atom. The van der Waals surface area contributed by atoms with Crippen LogP contribution in [-0.4, -0.2) is 23.5 Å². The van der Waals surface area contributed by atoms with Gasteiger partial charge in [0.25, 0.3) is 0 Å². The van der Waals surface area contributed by atoms with E-state index in [4.69, 9.17) is 29.0 Å². The molecule has 0 aliphatic rings. The maximum absolute atomic E-state index is 11.9. The molecule has 0 amide bonds. The van der Waals surface area contributed by atoms with Crippen LogP contribution in [0.25, 0.3) is 0 Å². The molecule has 0 aromatic heterocycles. The van der Waals surface area contributed by atoms with Crippen molar-refractivity contribution in [1.29, 1.82) is 0 Å². The summed E-state index contributed by atoms with van der Waals surface area (Å²) in [5.74, 6) is 0. The first-order valence-electron chi connectivity index (χ1n) is 11.5. The summed E-state index contributed by atoms with van der Waals surface area (Å²) in [5, 5.41) is 0. The fourth-order valence-corrected chi connectivity index (χ4v) is 4.05. The van der Waals surface area contributed by atoms with Gasteiger partial charge in [0.15, 0.2) is 0 Å². The molecule has 34 heavy (non-hydrogen) atoms. The standard InChI is InChI=1S/C26H42O8/c1-23(2,3)17-25(7,8)33-31-21(27)29-15-19-12-11-13-20(14-19)16-30-22(28)32-34-26(9,10)18-24(4,5)6/h11-14H,15-18H2,1-10H3. The van der Waals surface area contributed by atoms with Crippen molar-refractivity contribution in [2.45, 2.75) is 106 Å². The Bertz CT molecular complexity index is 737. The largest absolute Gasteiger partial charge is 0.540 e. The maximum atomic E-state index is 11.9. The molecular formula is C26H42O8. The molecule has 1 aromatic rings. The quantitative estimate of drug-likeness (QED) is 0.195. The van der Waals surface area contributed by atoms with E-state index < -0.39 is 23.5 Å². The molecular weight excluding hydrogens is 440 g/mol. The smallest absolute Gasteiger partial charge is 0.427 e. The predicted molar refractivity (Wildman–Crippen MR) is 127 cm³/mol. The van der Waals surface area contributed by atoms with Crippen LogP contribution in [0.2, 0.25) is 0 Å². The van der Waals surface area contributed by atoms with Gasteiger partial charge in [-0.3, -0.25) is 9.78 Å². The molecule has 8 nitrogen and oxygen atoms in total. The zero-order valence-corrected chi connectivity index (χ0v) is 22.4. The topological polar surface area (TPSA) is 89.5 Å². The molecule has 0 bridgehead atoms. The van der Waals surface area contributed by atoms with Crippen molar-refractivity contribution < 1.29 is 38.6 Å². The third-order valence-corrected chi connectivity index (χ3v) is 4.29. The van der Waals surface area contributed by atoms with Gasteiger partial charge in [0.1, 0.15) is 24.4 Å². The minimum atomic E-state index is -0.928. The third-order valence-electron chi connectivity index (χ3n) is 4.29. The van der Waals surface area contributed by atoms with Crippen LogP contribution in [-0.2, 0) is 42.2 Å². The number of ether oxygens (including phenoxy) is 2. The summed E-state index contributed by atoms with van der Waals surface area (Å²) in [6.45, 7) is 19.8. The molecule has 0 fully saturated rings. The molecule has 0 aliphatic carbocycles. The van der Waals surface area contributed by atoms with Crippen LogP contribution >= 0.6 is 0 Å². The first kappa shape index (κ1) is 29.7. The summed E-state index contributed by atoms with van der Waals surface area (Å²) >= 11 is 0. The molecule has 0 saturated heterocycles. The summed E-state index contributed by atoms with van der Waals surface area (Å²) in [4.78, 5) is 43.9. The van der Waals surface area contributed by atoms with Crippen LogP contribution in [0.15, 0.2) is 24.3 Å². The highest BCUT2D eigenvalue weighted by Crippen LogP contribution is 2.30. The summed E-state index contributed by atoms with van der Waals surface area (Å²) in [7, 11) is 0. The summed E-state index contributed by atoms with van der Waals surface area (Å²) in [6.07, 6.45) is -0.474. The van der Waals surface area contributed by atoms with Crippen LogP contribution in [0.1, 0.15) is 93.2 Å². The summed E-state index contributed by atoms with van der Waals surface area (Å²) in [6, 6.07) is 7.06. The Morgan fingerprint density at radius 3 is 1.32 bits per heavy atom. The zero-order valence-electron chi connectivity index (χ0n) is 22.4. The van der Waals surface area contributed by atoms with Crippen LogP contribution < -0.4 is 0 Å². The van der Waals surface area contributed by atoms with E-state index in [1.165, 1.54) is 0 Å². The van der Waals surface area contributed by atoms with Gasteiger partial charge >= 0.3 is 12.3 Å². The molecule has 0 aliphatic heterocycles. The normalized spacial score (nSPS) is 12.8. The van der Waals surface area contributed by atoms with Gasteiger partial charge in [0, 0.05) is 0 Å². The molecule has 8 heteroatoms.